The van der Waals surface area contributed by atoms with Crippen LogP contribution in [0.5, 0.6) is 5.75 Å². The van der Waals surface area contributed by atoms with Gasteiger partial charge in [0.25, 0.3) is 5.91 Å². The van der Waals surface area contributed by atoms with E-state index in [1.165, 1.54) is 0 Å². The number of amides is 1. The number of aliphatic carboxylic acids is 1. The number of carbonyl (C=O) groups is 2. The summed E-state index contributed by atoms with van der Waals surface area (Å²) >= 11 is 0. The van der Waals surface area contributed by atoms with E-state index in [0.29, 0.717) is 12.2 Å². The molecule has 1 aliphatic heterocycles. The fourth-order valence-electron chi connectivity index (χ4n) is 3.31. The Morgan fingerprint density at radius 2 is 1.96 bits per heavy atom. The molecule has 0 spiro atoms. The highest BCUT2D eigenvalue weighted by molar-refractivity contribution is 5.89. The fourth-order valence-corrected chi connectivity index (χ4v) is 3.31. The molecule has 0 aliphatic carbocycles. The lowest BCUT2D eigenvalue weighted by molar-refractivity contribution is -0.142. The lowest BCUT2D eigenvalue weighted by Crippen LogP contribution is -2.47. The third kappa shape index (κ3) is 3.01. The molecule has 0 bridgehead atoms. The summed E-state index contributed by atoms with van der Waals surface area (Å²) < 4.78 is 5.64. The lowest BCUT2D eigenvalue weighted by Gasteiger charge is -2.17. The predicted octanol–water partition coefficient (Wildman–Crippen LogP) is 2.28. The maximum absolute atomic E-state index is 12.5. The maximum atomic E-state index is 12.5. The standard InChI is InChI=1S/C20H18N2O4/c23-19(18-10-12-5-1-4-8-17(12)26-18)22-16(20(24)25)9-13-11-21-15-7-3-2-6-14(13)15/h1-8,11,16,18,21H,9-10H2,(H,22,23)(H,24,25)/t16-,18+/m1/s1. The van der Waals surface area contributed by atoms with Gasteiger partial charge in [0.15, 0.2) is 6.10 Å². The van der Waals surface area contributed by atoms with Crippen molar-refractivity contribution in [3.8, 4) is 5.75 Å². The van der Waals surface area contributed by atoms with E-state index in [1.54, 1.807) is 6.20 Å². The molecule has 2 atom stereocenters. The summed E-state index contributed by atoms with van der Waals surface area (Å²) in [5.74, 6) is -0.802. The van der Waals surface area contributed by atoms with Crippen LogP contribution in [0.1, 0.15) is 11.1 Å². The zero-order valence-electron chi connectivity index (χ0n) is 13.9. The van der Waals surface area contributed by atoms with Gasteiger partial charge < -0.3 is 20.1 Å². The maximum Gasteiger partial charge on any atom is 0.326 e. The van der Waals surface area contributed by atoms with Gasteiger partial charge in [0.1, 0.15) is 11.8 Å². The van der Waals surface area contributed by atoms with Crippen LogP contribution in [-0.4, -0.2) is 34.1 Å². The molecule has 6 heteroatoms. The first kappa shape index (κ1) is 16.2. The van der Waals surface area contributed by atoms with E-state index in [0.717, 1.165) is 22.0 Å². The second kappa shape index (κ2) is 6.55. The zero-order chi connectivity index (χ0) is 18.1. The Morgan fingerprint density at radius 1 is 1.19 bits per heavy atom. The molecular formula is C20H18N2O4. The number of benzene rings is 2. The molecule has 1 aliphatic rings. The van der Waals surface area contributed by atoms with Gasteiger partial charge in [-0.3, -0.25) is 4.79 Å². The van der Waals surface area contributed by atoms with E-state index in [2.05, 4.69) is 10.3 Å². The van der Waals surface area contributed by atoms with E-state index < -0.39 is 24.0 Å². The van der Waals surface area contributed by atoms with Crippen molar-refractivity contribution in [1.29, 1.82) is 0 Å². The van der Waals surface area contributed by atoms with Gasteiger partial charge in [0, 0.05) is 29.9 Å². The number of aromatic amines is 1. The van der Waals surface area contributed by atoms with Gasteiger partial charge in [0.2, 0.25) is 0 Å². The van der Waals surface area contributed by atoms with E-state index in [9.17, 15) is 14.7 Å². The average Bonchev–Trinajstić information content (AvgIpc) is 3.25. The monoisotopic (exact) mass is 350 g/mol. The summed E-state index contributed by atoms with van der Waals surface area (Å²) in [6.45, 7) is 0. The Labute approximate surface area is 149 Å². The number of fused-ring (bicyclic) bond motifs is 2. The lowest BCUT2D eigenvalue weighted by atomic mass is 10.0. The Hall–Kier alpha value is -3.28. The number of hydrogen-bond donors (Lipinski definition) is 3. The molecule has 3 N–H and O–H groups in total. The fraction of sp³-hybridized carbons (Fsp3) is 0.200. The van der Waals surface area contributed by atoms with E-state index in [1.807, 2.05) is 48.5 Å². The van der Waals surface area contributed by atoms with Crippen molar-refractivity contribution in [3.05, 3.63) is 65.9 Å². The summed E-state index contributed by atoms with van der Waals surface area (Å²) in [4.78, 5) is 27.3. The number of aromatic nitrogens is 1. The molecule has 0 saturated carbocycles. The zero-order valence-corrected chi connectivity index (χ0v) is 13.9. The number of H-pyrrole nitrogens is 1. The normalized spacial score (nSPS) is 16.7. The molecule has 6 nitrogen and oxygen atoms in total. The number of rotatable bonds is 5. The number of carboxylic acid groups (broad SMARTS) is 1. The predicted molar refractivity (Wildman–Crippen MR) is 96.1 cm³/mol. The van der Waals surface area contributed by atoms with Crippen LogP contribution >= 0.6 is 0 Å². The average molecular weight is 350 g/mol. The number of ether oxygens (including phenoxy) is 1. The number of carboxylic acids is 1. The summed E-state index contributed by atoms with van der Waals surface area (Å²) in [7, 11) is 0. The van der Waals surface area contributed by atoms with Gasteiger partial charge in [-0.1, -0.05) is 36.4 Å². The van der Waals surface area contributed by atoms with E-state index in [4.69, 9.17) is 4.74 Å². The van der Waals surface area contributed by atoms with Crippen LogP contribution in [0.25, 0.3) is 10.9 Å². The summed E-state index contributed by atoms with van der Waals surface area (Å²) in [6.07, 6.45) is 1.73. The molecule has 2 aromatic carbocycles. The van der Waals surface area contributed by atoms with Crippen LogP contribution in [0, 0.1) is 0 Å². The molecule has 0 fully saturated rings. The van der Waals surface area contributed by atoms with Crippen LogP contribution in [-0.2, 0) is 22.4 Å². The quantitative estimate of drug-likeness (QED) is 0.658. The first-order valence-corrected chi connectivity index (χ1v) is 8.44. The third-order valence-electron chi connectivity index (χ3n) is 4.65. The van der Waals surface area contributed by atoms with E-state index in [-0.39, 0.29) is 6.42 Å². The molecule has 1 amide bonds. The molecule has 0 radical (unpaired) electrons. The van der Waals surface area contributed by atoms with Crippen molar-refractivity contribution in [1.82, 2.24) is 10.3 Å². The van der Waals surface area contributed by atoms with Gasteiger partial charge in [-0.25, -0.2) is 4.79 Å². The molecule has 0 saturated heterocycles. The van der Waals surface area contributed by atoms with Crippen LogP contribution < -0.4 is 10.1 Å². The molecule has 26 heavy (non-hydrogen) atoms. The van der Waals surface area contributed by atoms with Crippen molar-refractivity contribution >= 4 is 22.8 Å². The minimum Gasteiger partial charge on any atom is -0.480 e. The smallest absolute Gasteiger partial charge is 0.326 e. The molecule has 0 unspecified atom stereocenters. The molecule has 2 heterocycles. The molecule has 3 aromatic rings. The van der Waals surface area contributed by atoms with Gasteiger partial charge in [-0.05, 0) is 23.3 Å². The first-order valence-electron chi connectivity index (χ1n) is 8.44. The van der Waals surface area contributed by atoms with E-state index >= 15 is 0 Å². The highest BCUT2D eigenvalue weighted by atomic mass is 16.5. The van der Waals surface area contributed by atoms with Gasteiger partial charge in [-0.2, -0.15) is 0 Å². The number of nitrogens with one attached hydrogen (secondary N) is 2. The number of carbonyl (C=O) groups excluding carboxylic acids is 1. The Kier molecular flexibility index (Phi) is 4.08. The largest absolute Gasteiger partial charge is 0.480 e. The number of para-hydroxylation sites is 2. The Bertz CT molecular complexity index is 954. The van der Waals surface area contributed by atoms with Gasteiger partial charge >= 0.3 is 5.97 Å². The van der Waals surface area contributed by atoms with Crippen LogP contribution in [0.4, 0.5) is 0 Å². The van der Waals surface area contributed by atoms with Crippen molar-refractivity contribution in [2.75, 3.05) is 0 Å². The molecular weight excluding hydrogens is 332 g/mol. The topological polar surface area (TPSA) is 91.4 Å². The minimum atomic E-state index is -1.07. The van der Waals surface area contributed by atoms with Crippen molar-refractivity contribution in [2.24, 2.45) is 0 Å². The van der Waals surface area contributed by atoms with Crippen molar-refractivity contribution < 1.29 is 19.4 Å². The second-order valence-electron chi connectivity index (χ2n) is 6.38. The van der Waals surface area contributed by atoms with Crippen LogP contribution in [0.2, 0.25) is 0 Å². The second-order valence-corrected chi connectivity index (χ2v) is 6.38. The molecule has 132 valence electrons. The Morgan fingerprint density at radius 3 is 2.77 bits per heavy atom. The highest BCUT2D eigenvalue weighted by Crippen LogP contribution is 2.28. The van der Waals surface area contributed by atoms with Crippen LogP contribution in [0.15, 0.2) is 54.7 Å². The minimum absolute atomic E-state index is 0.199. The molecule has 1 aromatic heterocycles. The van der Waals surface area contributed by atoms with Gasteiger partial charge in [0.05, 0.1) is 0 Å². The van der Waals surface area contributed by atoms with Crippen LogP contribution in [0.3, 0.4) is 0 Å². The Balaban J connectivity index is 1.48. The first-order chi connectivity index (χ1) is 12.6. The van der Waals surface area contributed by atoms with Crippen molar-refractivity contribution in [2.45, 2.75) is 25.0 Å². The highest BCUT2D eigenvalue weighted by Gasteiger charge is 2.32. The summed E-state index contributed by atoms with van der Waals surface area (Å²) in [5.41, 5.74) is 2.74. The number of hydrogen-bond acceptors (Lipinski definition) is 3. The SMILES string of the molecule is O=C(N[C@H](Cc1c[nH]c2ccccc12)C(=O)O)[C@@H]1Cc2ccccc2O1. The molecule has 4 rings (SSSR count). The summed E-state index contributed by atoms with van der Waals surface area (Å²) in [5, 5.41) is 13.1. The summed E-state index contributed by atoms with van der Waals surface area (Å²) in [6, 6.07) is 14.1. The third-order valence-corrected chi connectivity index (χ3v) is 4.65. The van der Waals surface area contributed by atoms with Crippen molar-refractivity contribution in [3.63, 3.8) is 0 Å². The van der Waals surface area contributed by atoms with Gasteiger partial charge in [-0.15, -0.1) is 0 Å².